The van der Waals surface area contributed by atoms with Gasteiger partial charge in [0.15, 0.2) is 0 Å². The van der Waals surface area contributed by atoms with Gasteiger partial charge in [0.25, 0.3) is 0 Å². The van der Waals surface area contributed by atoms with Crippen molar-refractivity contribution in [3.63, 3.8) is 0 Å². The van der Waals surface area contributed by atoms with Crippen LogP contribution in [0.25, 0.3) is 0 Å². The molecule has 0 radical (unpaired) electrons. The quantitative estimate of drug-likeness (QED) is 0.795. The van der Waals surface area contributed by atoms with Crippen molar-refractivity contribution in [1.82, 2.24) is 4.72 Å². The predicted molar refractivity (Wildman–Crippen MR) is 96.0 cm³/mol. The molecule has 3 rings (SSSR count). The molecule has 0 aromatic heterocycles. The van der Waals surface area contributed by atoms with Crippen molar-refractivity contribution in [2.45, 2.75) is 30.3 Å². The molecule has 1 unspecified atom stereocenters. The average Bonchev–Trinajstić information content (AvgIpc) is 3.45. The van der Waals surface area contributed by atoms with Gasteiger partial charge in [-0.1, -0.05) is 30.3 Å². The molecule has 1 saturated carbocycles. The van der Waals surface area contributed by atoms with Crippen molar-refractivity contribution in [3.8, 4) is 5.75 Å². The van der Waals surface area contributed by atoms with Crippen LogP contribution in [-0.2, 0) is 15.6 Å². The van der Waals surface area contributed by atoms with Crippen LogP contribution in [0, 0.1) is 12.8 Å². The van der Waals surface area contributed by atoms with E-state index >= 15 is 0 Å². The van der Waals surface area contributed by atoms with Gasteiger partial charge in [-0.15, -0.1) is 0 Å². The normalized spacial score (nSPS) is 17.1. The summed E-state index contributed by atoms with van der Waals surface area (Å²) in [5, 5.41) is 11.1. The topological polar surface area (TPSA) is 75.6 Å². The van der Waals surface area contributed by atoms with Crippen LogP contribution in [-0.4, -0.2) is 27.2 Å². The Labute approximate surface area is 148 Å². The molecule has 25 heavy (non-hydrogen) atoms. The van der Waals surface area contributed by atoms with E-state index in [2.05, 4.69) is 4.72 Å². The minimum absolute atomic E-state index is 0.0461. The zero-order chi connectivity index (χ0) is 18.1. The molecule has 2 aromatic carbocycles. The Morgan fingerprint density at radius 3 is 2.44 bits per heavy atom. The lowest BCUT2D eigenvalue weighted by Gasteiger charge is -2.29. The molecular formula is C19H23NO4S. The first-order valence-corrected chi connectivity index (χ1v) is 9.77. The summed E-state index contributed by atoms with van der Waals surface area (Å²) in [7, 11) is -2.19. The van der Waals surface area contributed by atoms with Gasteiger partial charge in [-0.3, -0.25) is 0 Å². The highest BCUT2D eigenvalue weighted by Gasteiger charge is 2.45. The standard InChI is InChI=1S/C19H23NO4S/c1-14-12-17(24-2)10-11-18(14)25(22,23)20-13-19(21,16-8-9-16)15-6-4-3-5-7-15/h3-7,10-12,16,20-21H,8-9,13H2,1-2H3. The lowest BCUT2D eigenvalue weighted by Crippen LogP contribution is -2.42. The van der Waals surface area contributed by atoms with Crippen molar-refractivity contribution >= 4 is 10.0 Å². The van der Waals surface area contributed by atoms with E-state index in [1.165, 1.54) is 13.2 Å². The molecule has 0 bridgehead atoms. The molecule has 5 nitrogen and oxygen atoms in total. The number of methoxy groups -OCH3 is 1. The third kappa shape index (κ3) is 3.71. The van der Waals surface area contributed by atoms with E-state index in [1.54, 1.807) is 19.1 Å². The third-order valence-electron chi connectivity index (χ3n) is 4.73. The minimum atomic E-state index is -3.73. The zero-order valence-corrected chi connectivity index (χ0v) is 15.2. The molecule has 0 spiro atoms. The maximum Gasteiger partial charge on any atom is 0.240 e. The minimum Gasteiger partial charge on any atom is -0.497 e. The number of nitrogens with one attached hydrogen (secondary N) is 1. The highest BCUT2D eigenvalue weighted by atomic mass is 32.2. The molecule has 1 atom stereocenters. The Morgan fingerprint density at radius 2 is 1.88 bits per heavy atom. The Kier molecular flexibility index (Phi) is 4.86. The molecule has 2 N–H and O–H groups in total. The second-order valence-corrected chi connectivity index (χ2v) is 8.26. The van der Waals surface area contributed by atoms with Crippen LogP contribution in [0.5, 0.6) is 5.75 Å². The van der Waals surface area contributed by atoms with Gasteiger partial charge >= 0.3 is 0 Å². The van der Waals surface area contributed by atoms with Gasteiger partial charge in [-0.2, -0.15) is 0 Å². The fourth-order valence-corrected chi connectivity index (χ4v) is 4.40. The first-order valence-electron chi connectivity index (χ1n) is 8.29. The Morgan fingerprint density at radius 1 is 1.20 bits per heavy atom. The first kappa shape index (κ1) is 17.9. The molecular weight excluding hydrogens is 338 g/mol. The summed E-state index contributed by atoms with van der Waals surface area (Å²) in [4.78, 5) is 0.194. The predicted octanol–water partition coefficient (Wildman–Crippen LogP) is 2.58. The van der Waals surface area contributed by atoms with Crippen LogP contribution in [0.2, 0.25) is 0 Å². The van der Waals surface area contributed by atoms with Crippen LogP contribution in [0.4, 0.5) is 0 Å². The van der Waals surface area contributed by atoms with E-state index in [4.69, 9.17) is 4.74 Å². The monoisotopic (exact) mass is 361 g/mol. The number of aliphatic hydroxyl groups is 1. The van der Waals surface area contributed by atoms with E-state index in [-0.39, 0.29) is 17.4 Å². The molecule has 2 aromatic rings. The fourth-order valence-electron chi connectivity index (χ4n) is 3.10. The number of hydrogen-bond acceptors (Lipinski definition) is 4. The number of sulfonamides is 1. The molecule has 6 heteroatoms. The van der Waals surface area contributed by atoms with Crippen molar-refractivity contribution in [2.75, 3.05) is 13.7 Å². The van der Waals surface area contributed by atoms with Gasteiger partial charge in [0.1, 0.15) is 11.4 Å². The van der Waals surface area contributed by atoms with Crippen LogP contribution in [0.15, 0.2) is 53.4 Å². The van der Waals surface area contributed by atoms with Crippen LogP contribution in [0.3, 0.4) is 0 Å². The molecule has 0 amide bonds. The molecule has 1 aliphatic rings. The summed E-state index contributed by atoms with van der Waals surface area (Å²) in [6, 6.07) is 14.1. The Balaban J connectivity index is 1.83. The first-order chi connectivity index (χ1) is 11.9. The molecule has 0 aliphatic heterocycles. The second-order valence-electron chi connectivity index (χ2n) is 6.52. The van der Waals surface area contributed by atoms with E-state index < -0.39 is 15.6 Å². The van der Waals surface area contributed by atoms with Crippen molar-refractivity contribution in [1.29, 1.82) is 0 Å². The summed E-state index contributed by atoms with van der Waals surface area (Å²) in [5.74, 6) is 0.685. The number of benzene rings is 2. The maximum atomic E-state index is 12.7. The largest absolute Gasteiger partial charge is 0.497 e. The second kappa shape index (κ2) is 6.78. The maximum absolute atomic E-state index is 12.7. The lowest BCUT2D eigenvalue weighted by atomic mass is 9.89. The van der Waals surface area contributed by atoms with Crippen LogP contribution in [0.1, 0.15) is 24.0 Å². The summed E-state index contributed by atoms with van der Waals surface area (Å²) >= 11 is 0. The van der Waals surface area contributed by atoms with Gasteiger partial charge in [0.05, 0.1) is 12.0 Å². The van der Waals surface area contributed by atoms with Crippen molar-refractivity contribution < 1.29 is 18.3 Å². The average molecular weight is 361 g/mol. The van der Waals surface area contributed by atoms with Gasteiger partial charge in [0, 0.05) is 6.54 Å². The SMILES string of the molecule is COc1ccc(S(=O)(=O)NCC(O)(c2ccccc2)C2CC2)c(C)c1. The molecule has 0 saturated heterocycles. The summed E-state index contributed by atoms with van der Waals surface area (Å²) in [5.41, 5.74) is 0.155. The highest BCUT2D eigenvalue weighted by molar-refractivity contribution is 7.89. The molecule has 134 valence electrons. The number of hydrogen-bond donors (Lipinski definition) is 2. The van der Waals surface area contributed by atoms with Crippen molar-refractivity contribution in [2.24, 2.45) is 5.92 Å². The van der Waals surface area contributed by atoms with Gasteiger partial charge in [-0.05, 0) is 55.0 Å². The molecule has 1 fully saturated rings. The highest BCUT2D eigenvalue weighted by Crippen LogP contribution is 2.45. The van der Waals surface area contributed by atoms with E-state index in [0.29, 0.717) is 11.3 Å². The number of aryl methyl sites for hydroxylation is 1. The Bertz CT molecular complexity index is 847. The lowest BCUT2D eigenvalue weighted by molar-refractivity contribution is 0.0185. The van der Waals surface area contributed by atoms with Crippen molar-refractivity contribution in [3.05, 3.63) is 59.7 Å². The summed E-state index contributed by atoms with van der Waals surface area (Å²) in [6.07, 6.45) is 1.80. The number of ether oxygens (including phenoxy) is 1. The smallest absolute Gasteiger partial charge is 0.240 e. The van der Waals surface area contributed by atoms with Crippen LogP contribution < -0.4 is 9.46 Å². The molecule has 0 heterocycles. The van der Waals surface area contributed by atoms with Crippen LogP contribution >= 0.6 is 0 Å². The van der Waals surface area contributed by atoms with Gasteiger partial charge in [-0.25, -0.2) is 13.1 Å². The van der Waals surface area contributed by atoms with Gasteiger partial charge < -0.3 is 9.84 Å². The van der Waals surface area contributed by atoms with E-state index in [0.717, 1.165) is 18.4 Å². The Hall–Kier alpha value is -1.89. The number of rotatable bonds is 7. The van der Waals surface area contributed by atoms with E-state index in [9.17, 15) is 13.5 Å². The van der Waals surface area contributed by atoms with E-state index in [1.807, 2.05) is 30.3 Å². The van der Waals surface area contributed by atoms with Gasteiger partial charge in [0.2, 0.25) is 10.0 Å². The fraction of sp³-hybridized carbons (Fsp3) is 0.368. The summed E-state index contributed by atoms with van der Waals surface area (Å²) < 4.78 is 33.1. The summed E-state index contributed by atoms with van der Waals surface area (Å²) in [6.45, 7) is 1.68. The molecule has 1 aliphatic carbocycles. The third-order valence-corrected chi connectivity index (χ3v) is 6.29. The zero-order valence-electron chi connectivity index (χ0n) is 14.4.